The first-order valence-electron chi connectivity index (χ1n) is 5.63. The van der Waals surface area contributed by atoms with E-state index in [0.717, 1.165) is 36.9 Å². The summed E-state index contributed by atoms with van der Waals surface area (Å²) in [4.78, 5) is 11.9. The molecule has 0 spiro atoms. The topological polar surface area (TPSA) is 58.0 Å². The third-order valence-electron chi connectivity index (χ3n) is 3.38. The lowest BCUT2D eigenvalue weighted by molar-refractivity contribution is 0.128. The number of aliphatic hydroxyl groups is 1. The van der Waals surface area contributed by atoms with E-state index in [1.54, 1.807) is 4.68 Å². The molecule has 1 fully saturated rings. The average Bonchev–Trinajstić information content (AvgIpc) is 2.74. The van der Waals surface area contributed by atoms with Gasteiger partial charge in [-0.3, -0.25) is 9.89 Å². The van der Waals surface area contributed by atoms with Crippen molar-refractivity contribution in [3.8, 4) is 0 Å². The van der Waals surface area contributed by atoms with Crippen LogP contribution in [-0.4, -0.2) is 21.0 Å². The van der Waals surface area contributed by atoms with Gasteiger partial charge in [-0.05, 0) is 32.6 Å². The summed E-state index contributed by atoms with van der Waals surface area (Å²) in [5.74, 6) is 0. The Kier molecular flexibility index (Phi) is 2.69. The molecule has 0 saturated heterocycles. The van der Waals surface area contributed by atoms with E-state index in [2.05, 4.69) is 5.10 Å². The number of H-pyrrole nitrogens is 1. The van der Waals surface area contributed by atoms with Crippen LogP contribution in [0.1, 0.15) is 43.5 Å². The number of aliphatic hydroxyl groups excluding tert-OH is 1. The molecule has 1 saturated carbocycles. The molecule has 4 heteroatoms. The Balaban J connectivity index is 2.40. The van der Waals surface area contributed by atoms with Crippen LogP contribution >= 0.6 is 0 Å². The molecular weight excluding hydrogens is 192 g/mol. The molecule has 1 aliphatic carbocycles. The first-order valence-corrected chi connectivity index (χ1v) is 5.63. The minimum Gasteiger partial charge on any atom is -0.391 e. The Morgan fingerprint density at radius 3 is 2.73 bits per heavy atom. The second-order valence-electron chi connectivity index (χ2n) is 4.31. The van der Waals surface area contributed by atoms with Gasteiger partial charge in [0.2, 0.25) is 0 Å². The average molecular weight is 210 g/mol. The van der Waals surface area contributed by atoms with Crippen LogP contribution in [0, 0.1) is 6.92 Å². The molecule has 2 atom stereocenters. The van der Waals surface area contributed by atoms with Gasteiger partial charge in [0, 0.05) is 11.3 Å². The van der Waals surface area contributed by atoms with Gasteiger partial charge in [-0.1, -0.05) is 6.92 Å². The van der Waals surface area contributed by atoms with Gasteiger partial charge >= 0.3 is 0 Å². The molecule has 0 aromatic carbocycles. The molecule has 1 aliphatic rings. The minimum atomic E-state index is -0.370. The number of aromatic nitrogens is 2. The summed E-state index contributed by atoms with van der Waals surface area (Å²) >= 11 is 0. The van der Waals surface area contributed by atoms with Crippen LogP contribution in [0.5, 0.6) is 0 Å². The molecule has 2 unspecified atom stereocenters. The Morgan fingerprint density at radius 1 is 1.53 bits per heavy atom. The summed E-state index contributed by atoms with van der Waals surface area (Å²) in [6.07, 6.45) is 3.15. The van der Waals surface area contributed by atoms with Crippen molar-refractivity contribution in [1.82, 2.24) is 9.78 Å². The number of nitrogens with one attached hydrogen (secondary N) is 1. The minimum absolute atomic E-state index is 0.0257. The number of nitrogens with zero attached hydrogens (tertiary/aromatic N) is 1. The van der Waals surface area contributed by atoms with Gasteiger partial charge in [-0.25, -0.2) is 4.68 Å². The molecule has 2 rings (SSSR count). The fourth-order valence-electron chi connectivity index (χ4n) is 2.39. The van der Waals surface area contributed by atoms with Crippen molar-refractivity contribution in [1.29, 1.82) is 0 Å². The largest absolute Gasteiger partial charge is 0.391 e. The Labute approximate surface area is 88.9 Å². The zero-order valence-electron chi connectivity index (χ0n) is 9.29. The fraction of sp³-hybridized carbons (Fsp3) is 0.727. The summed E-state index contributed by atoms with van der Waals surface area (Å²) < 4.78 is 1.62. The van der Waals surface area contributed by atoms with Gasteiger partial charge in [0.05, 0.1) is 12.1 Å². The van der Waals surface area contributed by atoms with Crippen molar-refractivity contribution in [3.05, 3.63) is 21.6 Å². The number of hydrogen-bond acceptors (Lipinski definition) is 2. The summed E-state index contributed by atoms with van der Waals surface area (Å²) in [6, 6.07) is -0.0449. The lowest BCUT2D eigenvalue weighted by atomic mass is 10.2. The van der Waals surface area contributed by atoms with Crippen LogP contribution in [0.25, 0.3) is 0 Å². The van der Waals surface area contributed by atoms with E-state index in [4.69, 9.17) is 0 Å². The number of aromatic amines is 1. The van der Waals surface area contributed by atoms with Crippen LogP contribution in [0.3, 0.4) is 0 Å². The molecule has 84 valence electrons. The highest BCUT2D eigenvalue weighted by atomic mass is 16.3. The predicted molar refractivity (Wildman–Crippen MR) is 58.1 cm³/mol. The van der Waals surface area contributed by atoms with Crippen LogP contribution in [-0.2, 0) is 6.42 Å². The standard InChI is InChI=1S/C11H18N2O2/c1-3-8-7(2)11(15)13(12-8)9-5-4-6-10(9)14/h9-10,12,14H,3-6H2,1-2H3. The Bertz CT molecular complexity index is 405. The smallest absolute Gasteiger partial charge is 0.269 e. The van der Waals surface area contributed by atoms with Crippen molar-refractivity contribution >= 4 is 0 Å². The SMILES string of the molecule is CCc1[nH]n(C2CCCC2O)c(=O)c1C. The fourth-order valence-corrected chi connectivity index (χ4v) is 2.39. The van der Waals surface area contributed by atoms with Crippen molar-refractivity contribution in [2.75, 3.05) is 0 Å². The van der Waals surface area contributed by atoms with E-state index in [1.165, 1.54) is 0 Å². The van der Waals surface area contributed by atoms with Crippen molar-refractivity contribution < 1.29 is 5.11 Å². The maximum absolute atomic E-state index is 11.9. The van der Waals surface area contributed by atoms with Gasteiger partial charge in [-0.15, -0.1) is 0 Å². The summed E-state index contributed by atoms with van der Waals surface area (Å²) in [7, 11) is 0. The normalized spacial score (nSPS) is 26.1. The zero-order chi connectivity index (χ0) is 11.0. The van der Waals surface area contributed by atoms with E-state index in [1.807, 2.05) is 13.8 Å². The number of aryl methyl sites for hydroxylation is 1. The van der Waals surface area contributed by atoms with Crippen molar-refractivity contribution in [3.63, 3.8) is 0 Å². The first-order chi connectivity index (χ1) is 7.15. The van der Waals surface area contributed by atoms with Crippen LogP contribution < -0.4 is 5.56 Å². The zero-order valence-corrected chi connectivity index (χ0v) is 9.29. The predicted octanol–water partition coefficient (Wildman–Crippen LogP) is 1.13. The molecule has 4 nitrogen and oxygen atoms in total. The Hall–Kier alpha value is -1.03. The Morgan fingerprint density at radius 2 is 2.27 bits per heavy atom. The molecule has 0 amide bonds. The van der Waals surface area contributed by atoms with Crippen molar-refractivity contribution in [2.45, 2.75) is 51.7 Å². The van der Waals surface area contributed by atoms with Crippen LogP contribution in [0.4, 0.5) is 0 Å². The van der Waals surface area contributed by atoms with E-state index >= 15 is 0 Å². The lowest BCUT2D eigenvalue weighted by Crippen LogP contribution is -2.28. The quantitative estimate of drug-likeness (QED) is 0.769. The summed E-state index contributed by atoms with van der Waals surface area (Å²) in [5.41, 5.74) is 1.80. The highest BCUT2D eigenvalue weighted by Gasteiger charge is 2.29. The van der Waals surface area contributed by atoms with E-state index < -0.39 is 0 Å². The summed E-state index contributed by atoms with van der Waals surface area (Å²) in [6.45, 7) is 3.86. The second kappa shape index (κ2) is 3.85. The third kappa shape index (κ3) is 1.63. The monoisotopic (exact) mass is 210 g/mol. The maximum atomic E-state index is 11.9. The third-order valence-corrected chi connectivity index (χ3v) is 3.38. The molecule has 1 aromatic heterocycles. The maximum Gasteiger partial charge on any atom is 0.269 e. The molecule has 0 radical (unpaired) electrons. The molecule has 0 aliphatic heterocycles. The first kappa shape index (κ1) is 10.5. The summed E-state index contributed by atoms with van der Waals surface area (Å²) in [5, 5.41) is 12.9. The van der Waals surface area contributed by atoms with Gasteiger partial charge in [0.15, 0.2) is 0 Å². The molecule has 1 heterocycles. The molecule has 1 aromatic rings. The molecule has 15 heavy (non-hydrogen) atoms. The van der Waals surface area contributed by atoms with E-state index in [0.29, 0.717) is 0 Å². The number of rotatable bonds is 2. The van der Waals surface area contributed by atoms with Crippen LogP contribution in [0.15, 0.2) is 4.79 Å². The van der Waals surface area contributed by atoms with Gasteiger partial charge in [0.25, 0.3) is 5.56 Å². The molecule has 2 N–H and O–H groups in total. The van der Waals surface area contributed by atoms with E-state index in [-0.39, 0.29) is 17.7 Å². The van der Waals surface area contributed by atoms with Gasteiger partial charge < -0.3 is 5.11 Å². The van der Waals surface area contributed by atoms with E-state index in [9.17, 15) is 9.90 Å². The highest BCUT2D eigenvalue weighted by Crippen LogP contribution is 2.28. The lowest BCUT2D eigenvalue weighted by Gasteiger charge is -2.14. The number of hydrogen-bond donors (Lipinski definition) is 2. The second-order valence-corrected chi connectivity index (χ2v) is 4.31. The van der Waals surface area contributed by atoms with Crippen molar-refractivity contribution in [2.24, 2.45) is 0 Å². The van der Waals surface area contributed by atoms with Gasteiger partial charge in [0.1, 0.15) is 0 Å². The molecular formula is C11H18N2O2. The highest BCUT2D eigenvalue weighted by molar-refractivity contribution is 5.15. The van der Waals surface area contributed by atoms with Crippen LogP contribution in [0.2, 0.25) is 0 Å². The van der Waals surface area contributed by atoms with Gasteiger partial charge in [-0.2, -0.15) is 0 Å². The molecule has 0 bridgehead atoms.